The highest BCUT2D eigenvalue weighted by Crippen LogP contribution is 2.31. The molecular weight excluding hydrogens is 378 g/mol. The summed E-state index contributed by atoms with van der Waals surface area (Å²) in [6.45, 7) is 6.65. The molecule has 0 radical (unpaired) electrons. The maximum Gasteiger partial charge on any atom is 0.294 e. The zero-order chi connectivity index (χ0) is 19.4. The van der Waals surface area contributed by atoms with Crippen molar-refractivity contribution in [1.82, 2.24) is 4.57 Å². The minimum Gasteiger partial charge on any atom is -0.313 e. The van der Waals surface area contributed by atoms with Crippen LogP contribution in [0.2, 0.25) is 0 Å². The minimum atomic E-state index is -0.376. The van der Waals surface area contributed by atoms with Crippen LogP contribution < -0.4 is 4.80 Å². The van der Waals surface area contributed by atoms with Gasteiger partial charge in [0.25, 0.3) is 5.69 Å². The first-order chi connectivity index (χ1) is 13.0. The Morgan fingerprint density at radius 2 is 1.89 bits per heavy atom. The van der Waals surface area contributed by atoms with E-state index < -0.39 is 0 Å². The van der Waals surface area contributed by atoms with Crippen molar-refractivity contribution in [2.75, 3.05) is 0 Å². The largest absolute Gasteiger partial charge is 0.313 e. The van der Waals surface area contributed by atoms with Gasteiger partial charge in [-0.3, -0.25) is 10.1 Å². The van der Waals surface area contributed by atoms with Gasteiger partial charge in [-0.25, -0.2) is 4.99 Å². The topological polar surface area (TPSA) is 60.4 Å². The molecule has 0 aliphatic heterocycles. The number of nitrogens with zero attached hydrogens (tertiary/aromatic N) is 3. The predicted molar refractivity (Wildman–Crippen MR) is 113 cm³/mol. The molecule has 3 aromatic rings. The lowest BCUT2D eigenvalue weighted by molar-refractivity contribution is -0.384. The Kier molecular flexibility index (Phi) is 6.23. The van der Waals surface area contributed by atoms with Gasteiger partial charge >= 0.3 is 0 Å². The molecule has 2 aromatic heterocycles. The van der Waals surface area contributed by atoms with E-state index >= 15 is 0 Å². The van der Waals surface area contributed by atoms with Crippen molar-refractivity contribution in [3.05, 3.63) is 62.1 Å². The summed E-state index contributed by atoms with van der Waals surface area (Å²) in [5.41, 5.74) is 1.56. The molecular formula is C20H23N3O2S2. The molecule has 2 heterocycles. The lowest BCUT2D eigenvalue weighted by Crippen LogP contribution is -2.20. The van der Waals surface area contributed by atoms with Crippen LogP contribution in [0.25, 0.3) is 10.6 Å². The third-order valence-corrected chi connectivity index (χ3v) is 6.14. The Morgan fingerprint density at radius 1 is 1.11 bits per heavy atom. The van der Waals surface area contributed by atoms with Gasteiger partial charge in [-0.15, -0.1) is 22.7 Å². The molecule has 0 fully saturated rings. The molecule has 1 aromatic carbocycles. The van der Waals surface area contributed by atoms with Crippen LogP contribution in [-0.4, -0.2) is 9.49 Å². The Labute approximate surface area is 166 Å². The van der Waals surface area contributed by atoms with E-state index in [9.17, 15) is 10.1 Å². The average molecular weight is 402 g/mol. The van der Waals surface area contributed by atoms with Gasteiger partial charge in [-0.05, 0) is 43.2 Å². The summed E-state index contributed by atoms with van der Waals surface area (Å²) in [4.78, 5) is 17.6. The molecule has 3 rings (SSSR count). The molecule has 0 saturated heterocycles. The highest BCUT2D eigenvalue weighted by atomic mass is 32.1. The zero-order valence-electron chi connectivity index (χ0n) is 15.7. The Balaban J connectivity index is 2.12. The summed E-state index contributed by atoms with van der Waals surface area (Å²) in [6.07, 6.45) is 2.16. The van der Waals surface area contributed by atoms with E-state index in [0.717, 1.165) is 23.3 Å². The minimum absolute atomic E-state index is 0.0324. The number of thiazole rings is 1. The first-order valence-electron chi connectivity index (χ1n) is 8.99. The Morgan fingerprint density at radius 3 is 2.56 bits per heavy atom. The van der Waals surface area contributed by atoms with Gasteiger partial charge in [-0.2, -0.15) is 0 Å². The van der Waals surface area contributed by atoms with Gasteiger partial charge in [0, 0.05) is 17.5 Å². The number of hydrogen-bond acceptors (Lipinski definition) is 5. The molecule has 1 unspecified atom stereocenters. The quantitative estimate of drug-likeness (QED) is 0.339. The maximum atomic E-state index is 11.3. The first kappa shape index (κ1) is 19.5. The van der Waals surface area contributed by atoms with E-state index in [2.05, 4.69) is 47.2 Å². The summed E-state index contributed by atoms with van der Waals surface area (Å²) in [6, 6.07) is 11.1. The molecule has 0 amide bonds. The molecule has 142 valence electrons. The number of rotatable bonds is 7. The molecule has 0 aliphatic rings. The van der Waals surface area contributed by atoms with Crippen molar-refractivity contribution in [2.45, 2.75) is 39.7 Å². The van der Waals surface area contributed by atoms with Crippen LogP contribution in [0.15, 0.2) is 52.2 Å². The van der Waals surface area contributed by atoms with Crippen molar-refractivity contribution in [3.8, 4) is 10.6 Å². The van der Waals surface area contributed by atoms with Crippen LogP contribution in [0.1, 0.15) is 39.7 Å². The smallest absolute Gasteiger partial charge is 0.294 e. The van der Waals surface area contributed by atoms with Crippen LogP contribution in [0, 0.1) is 16.0 Å². The standard InChI is InChI=1S/C20H23N3O2S2/c1-14(2)10-11-15(3)22-18(19-9-6-12-26-19)13-27-20(22)21-16-7-4-5-8-17(16)23(24)25/h4-9,12-15H,10-11H2,1-3H3. The summed E-state index contributed by atoms with van der Waals surface area (Å²) in [5, 5.41) is 15.5. The molecule has 5 nitrogen and oxygen atoms in total. The monoisotopic (exact) mass is 401 g/mol. The second kappa shape index (κ2) is 8.63. The van der Waals surface area contributed by atoms with E-state index in [1.54, 1.807) is 29.5 Å². The molecule has 0 spiro atoms. The van der Waals surface area contributed by atoms with Gasteiger partial charge in [0.05, 0.1) is 15.5 Å². The van der Waals surface area contributed by atoms with Crippen LogP contribution in [0.5, 0.6) is 0 Å². The first-order valence-corrected chi connectivity index (χ1v) is 10.8. The van der Waals surface area contributed by atoms with Crippen LogP contribution in [-0.2, 0) is 0 Å². The van der Waals surface area contributed by atoms with Crippen molar-refractivity contribution < 1.29 is 4.92 Å². The lowest BCUT2D eigenvalue weighted by atomic mass is 10.0. The average Bonchev–Trinajstić information content (AvgIpc) is 3.29. The number of thiophene rings is 1. The summed E-state index contributed by atoms with van der Waals surface area (Å²) < 4.78 is 2.23. The lowest BCUT2D eigenvalue weighted by Gasteiger charge is -2.18. The second-order valence-electron chi connectivity index (χ2n) is 6.93. The van der Waals surface area contributed by atoms with Crippen molar-refractivity contribution in [2.24, 2.45) is 10.9 Å². The van der Waals surface area contributed by atoms with Gasteiger partial charge < -0.3 is 4.57 Å². The number of nitro benzene ring substituents is 1. The third-order valence-electron chi connectivity index (χ3n) is 4.41. The number of para-hydroxylation sites is 2. The summed E-state index contributed by atoms with van der Waals surface area (Å²) in [5.74, 6) is 0.632. The Hall–Kier alpha value is -2.25. The SMILES string of the molecule is CC(C)CCC(C)n1c(-c2cccs2)csc1=Nc1ccccc1[N+](=O)[O-]. The number of hydrogen-bond donors (Lipinski definition) is 0. The van der Waals surface area contributed by atoms with Gasteiger partial charge in [0.15, 0.2) is 4.80 Å². The van der Waals surface area contributed by atoms with Gasteiger partial charge in [0.2, 0.25) is 0 Å². The normalized spacial score (nSPS) is 13.3. The summed E-state index contributed by atoms with van der Waals surface area (Å²) in [7, 11) is 0. The third kappa shape index (κ3) is 4.54. The zero-order valence-corrected chi connectivity index (χ0v) is 17.3. The highest BCUT2D eigenvalue weighted by Gasteiger charge is 2.17. The van der Waals surface area contributed by atoms with E-state index in [0.29, 0.717) is 11.6 Å². The van der Waals surface area contributed by atoms with E-state index in [4.69, 9.17) is 0 Å². The van der Waals surface area contributed by atoms with E-state index in [-0.39, 0.29) is 16.7 Å². The molecule has 27 heavy (non-hydrogen) atoms. The fourth-order valence-electron chi connectivity index (χ4n) is 2.95. The van der Waals surface area contributed by atoms with Crippen molar-refractivity contribution in [3.63, 3.8) is 0 Å². The second-order valence-corrected chi connectivity index (χ2v) is 8.71. The van der Waals surface area contributed by atoms with Crippen LogP contribution >= 0.6 is 22.7 Å². The van der Waals surface area contributed by atoms with Crippen molar-refractivity contribution in [1.29, 1.82) is 0 Å². The van der Waals surface area contributed by atoms with Gasteiger partial charge in [-0.1, -0.05) is 32.0 Å². The summed E-state index contributed by atoms with van der Waals surface area (Å²) >= 11 is 3.23. The van der Waals surface area contributed by atoms with Crippen LogP contribution in [0.4, 0.5) is 11.4 Å². The maximum absolute atomic E-state index is 11.3. The fraction of sp³-hybridized carbons (Fsp3) is 0.350. The van der Waals surface area contributed by atoms with Crippen molar-refractivity contribution >= 4 is 34.0 Å². The molecule has 0 aliphatic carbocycles. The molecule has 7 heteroatoms. The number of aromatic nitrogens is 1. The molecule has 0 bridgehead atoms. The van der Waals surface area contributed by atoms with E-state index in [1.165, 1.54) is 22.3 Å². The fourth-order valence-corrected chi connectivity index (χ4v) is 4.77. The molecule has 1 atom stereocenters. The van der Waals surface area contributed by atoms with Gasteiger partial charge in [0.1, 0.15) is 5.69 Å². The van der Waals surface area contributed by atoms with Crippen LogP contribution in [0.3, 0.4) is 0 Å². The number of benzene rings is 1. The molecule has 0 N–H and O–H groups in total. The predicted octanol–water partition coefficient (Wildman–Crippen LogP) is 6.42. The highest BCUT2D eigenvalue weighted by molar-refractivity contribution is 7.14. The number of nitro groups is 1. The Bertz CT molecular complexity index is 971. The molecule has 0 saturated carbocycles. The van der Waals surface area contributed by atoms with E-state index in [1.807, 2.05) is 6.07 Å².